The molecule has 21 heavy (non-hydrogen) atoms. The number of likely N-dealkylation sites (N-methyl/N-ethyl adjacent to an activating group) is 1. The number of hydrogen-bond acceptors (Lipinski definition) is 3. The van der Waals surface area contributed by atoms with E-state index in [2.05, 4.69) is 36.2 Å². The summed E-state index contributed by atoms with van der Waals surface area (Å²) in [6, 6.07) is 14.3. The average molecular weight is 347 g/mol. The predicted molar refractivity (Wildman–Crippen MR) is 76.9 cm³/mol. The van der Waals surface area contributed by atoms with Crippen molar-refractivity contribution in [2.75, 3.05) is 33.2 Å². The van der Waals surface area contributed by atoms with Gasteiger partial charge in [0.15, 0.2) is 0 Å². The van der Waals surface area contributed by atoms with E-state index in [4.69, 9.17) is 10.5 Å². The first-order valence-electron chi connectivity index (χ1n) is 6.79. The van der Waals surface area contributed by atoms with E-state index in [0.29, 0.717) is 0 Å². The average Bonchev–Trinajstić information content (AvgIpc) is 2.48. The molecule has 0 aromatic heterocycles. The van der Waals surface area contributed by atoms with Crippen LogP contribution < -0.4 is 17.0 Å². The summed E-state index contributed by atoms with van der Waals surface area (Å²) in [5.74, 6) is 0. The summed E-state index contributed by atoms with van der Waals surface area (Å²) < 4.78 is 1.00. The third-order valence-electron chi connectivity index (χ3n) is 3.81. The molecule has 0 atom stereocenters. The van der Waals surface area contributed by atoms with Crippen LogP contribution in [-0.2, 0) is 6.54 Å². The van der Waals surface area contributed by atoms with Crippen molar-refractivity contribution in [3.05, 3.63) is 47.7 Å². The van der Waals surface area contributed by atoms with Gasteiger partial charge >= 0.3 is 0 Å². The molecule has 1 aromatic carbocycles. The summed E-state index contributed by atoms with van der Waals surface area (Å²) in [5.41, 5.74) is 1.54. The molecule has 2 rings (SSSR count). The molecule has 1 aliphatic rings. The van der Waals surface area contributed by atoms with Crippen LogP contribution in [0.1, 0.15) is 5.56 Å². The highest BCUT2D eigenvalue weighted by atomic mass is 79.9. The zero-order valence-electron chi connectivity index (χ0n) is 12.2. The smallest absolute Gasteiger partial charge is 0.145 e. The maximum atomic E-state index is 8.78. The Kier molecular flexibility index (Phi) is 6.42. The highest BCUT2D eigenvalue weighted by molar-refractivity contribution is 5.34. The number of nitriles is 2. The van der Waals surface area contributed by atoms with Gasteiger partial charge in [0.2, 0.25) is 0 Å². The van der Waals surface area contributed by atoms with Gasteiger partial charge < -0.3 is 26.4 Å². The van der Waals surface area contributed by atoms with Crippen LogP contribution in [0.2, 0.25) is 0 Å². The summed E-state index contributed by atoms with van der Waals surface area (Å²) >= 11 is 0. The number of allylic oxidation sites excluding steroid dienone is 1. The lowest BCUT2D eigenvalue weighted by atomic mass is 10.1. The quantitative estimate of drug-likeness (QED) is 0.514. The van der Waals surface area contributed by atoms with Gasteiger partial charge in [0.25, 0.3) is 0 Å². The van der Waals surface area contributed by atoms with Crippen molar-refractivity contribution >= 4 is 0 Å². The van der Waals surface area contributed by atoms with Crippen LogP contribution in [0, 0.1) is 22.7 Å². The molecule has 1 aliphatic heterocycles. The lowest BCUT2D eigenvalue weighted by Crippen LogP contribution is -3.00. The van der Waals surface area contributed by atoms with Crippen molar-refractivity contribution in [3.8, 4) is 12.1 Å². The molecule has 1 saturated heterocycles. The Bertz CT molecular complexity index is 544. The Balaban J connectivity index is 0.00000220. The van der Waals surface area contributed by atoms with E-state index in [9.17, 15) is 0 Å². The second kappa shape index (κ2) is 7.83. The maximum absolute atomic E-state index is 8.78. The fourth-order valence-corrected chi connectivity index (χ4v) is 2.54. The first-order chi connectivity index (χ1) is 9.65. The van der Waals surface area contributed by atoms with Crippen molar-refractivity contribution in [3.63, 3.8) is 0 Å². The van der Waals surface area contributed by atoms with Gasteiger partial charge in [-0.3, -0.25) is 0 Å². The third-order valence-corrected chi connectivity index (χ3v) is 3.81. The van der Waals surface area contributed by atoms with Gasteiger partial charge in [-0.1, -0.05) is 30.3 Å². The molecule has 0 unspecified atom stereocenters. The number of hydrogen-bond donors (Lipinski definition) is 0. The van der Waals surface area contributed by atoms with Crippen LogP contribution >= 0.6 is 0 Å². The fourth-order valence-electron chi connectivity index (χ4n) is 2.54. The van der Waals surface area contributed by atoms with Crippen molar-refractivity contribution in [2.45, 2.75) is 6.54 Å². The van der Waals surface area contributed by atoms with E-state index in [1.165, 1.54) is 5.56 Å². The highest BCUT2D eigenvalue weighted by Crippen LogP contribution is 2.16. The standard InChI is InChI=1S/C16H19N4.BrH/c1-20(14-15-5-3-2-4-6-15)9-7-19(8-10-20)13-16(11-17)12-18;/h2-6,13H,7-10,14H2,1H3;1H/q+1;/p-1. The molecule has 0 bridgehead atoms. The Morgan fingerprint density at radius 1 is 1.19 bits per heavy atom. The summed E-state index contributed by atoms with van der Waals surface area (Å²) in [6.07, 6.45) is 1.69. The molecular weight excluding hydrogens is 328 g/mol. The Labute approximate surface area is 136 Å². The molecule has 110 valence electrons. The Hall–Kier alpha value is -1.82. The van der Waals surface area contributed by atoms with Gasteiger partial charge in [-0.2, -0.15) is 10.5 Å². The van der Waals surface area contributed by atoms with E-state index < -0.39 is 0 Å². The maximum Gasteiger partial charge on any atom is 0.145 e. The lowest BCUT2D eigenvalue weighted by Gasteiger charge is -2.41. The second-order valence-electron chi connectivity index (χ2n) is 5.51. The molecule has 0 N–H and O–H groups in total. The number of rotatable bonds is 3. The summed E-state index contributed by atoms with van der Waals surface area (Å²) in [6.45, 7) is 4.85. The minimum Gasteiger partial charge on any atom is -1.00 e. The van der Waals surface area contributed by atoms with Gasteiger partial charge in [0.1, 0.15) is 24.3 Å². The molecule has 0 radical (unpaired) electrons. The second-order valence-corrected chi connectivity index (χ2v) is 5.51. The van der Waals surface area contributed by atoms with Gasteiger partial charge in [-0.05, 0) is 0 Å². The topological polar surface area (TPSA) is 50.8 Å². The minimum absolute atomic E-state index is 0. The molecule has 0 saturated carbocycles. The summed E-state index contributed by atoms with van der Waals surface area (Å²) in [7, 11) is 2.27. The molecular formula is C16H19BrN4. The van der Waals surface area contributed by atoms with E-state index in [0.717, 1.165) is 37.2 Å². The molecule has 4 nitrogen and oxygen atoms in total. The molecule has 0 aliphatic carbocycles. The van der Waals surface area contributed by atoms with E-state index in [-0.39, 0.29) is 22.6 Å². The largest absolute Gasteiger partial charge is 1.00 e. The van der Waals surface area contributed by atoms with Crippen molar-refractivity contribution < 1.29 is 21.5 Å². The summed E-state index contributed by atoms with van der Waals surface area (Å²) in [5, 5.41) is 17.6. The zero-order chi connectivity index (χ0) is 14.4. The van der Waals surface area contributed by atoms with Gasteiger partial charge in [-0.25, -0.2) is 0 Å². The number of quaternary nitrogens is 1. The monoisotopic (exact) mass is 346 g/mol. The Morgan fingerprint density at radius 2 is 1.76 bits per heavy atom. The molecule has 1 aromatic rings. The van der Waals surface area contributed by atoms with Crippen LogP contribution in [0.25, 0.3) is 0 Å². The van der Waals surface area contributed by atoms with E-state index in [1.54, 1.807) is 6.20 Å². The van der Waals surface area contributed by atoms with Crippen LogP contribution in [0.3, 0.4) is 0 Å². The minimum atomic E-state index is 0. The van der Waals surface area contributed by atoms with Gasteiger partial charge in [0, 0.05) is 11.8 Å². The van der Waals surface area contributed by atoms with Crippen LogP contribution in [0.5, 0.6) is 0 Å². The van der Waals surface area contributed by atoms with Gasteiger partial charge in [0.05, 0.1) is 33.2 Å². The highest BCUT2D eigenvalue weighted by Gasteiger charge is 2.27. The molecule has 1 heterocycles. The molecule has 0 amide bonds. The molecule has 5 heteroatoms. The Morgan fingerprint density at radius 3 is 2.29 bits per heavy atom. The number of piperazine rings is 1. The molecule has 0 spiro atoms. The van der Waals surface area contributed by atoms with E-state index in [1.807, 2.05) is 18.2 Å². The molecule has 1 fully saturated rings. The SMILES string of the molecule is C[N+]1(Cc2ccccc2)CCN(C=C(C#N)C#N)CC1.[Br-]. The van der Waals surface area contributed by atoms with Crippen molar-refractivity contribution in [2.24, 2.45) is 0 Å². The zero-order valence-corrected chi connectivity index (χ0v) is 13.8. The first-order valence-corrected chi connectivity index (χ1v) is 6.79. The van der Waals surface area contributed by atoms with Crippen molar-refractivity contribution in [1.82, 2.24) is 4.90 Å². The van der Waals surface area contributed by atoms with E-state index >= 15 is 0 Å². The van der Waals surface area contributed by atoms with Crippen LogP contribution in [-0.4, -0.2) is 42.6 Å². The number of nitrogens with zero attached hydrogens (tertiary/aromatic N) is 4. The predicted octanol–water partition coefficient (Wildman–Crippen LogP) is -1.12. The number of benzene rings is 1. The van der Waals surface area contributed by atoms with Crippen molar-refractivity contribution in [1.29, 1.82) is 10.5 Å². The first kappa shape index (κ1) is 17.2. The third kappa shape index (κ3) is 4.90. The van der Waals surface area contributed by atoms with Gasteiger partial charge in [-0.15, -0.1) is 0 Å². The normalized spacial score (nSPS) is 16.0. The van der Waals surface area contributed by atoms with Crippen LogP contribution in [0.4, 0.5) is 0 Å². The number of halogens is 1. The fraction of sp³-hybridized carbons (Fsp3) is 0.375. The lowest BCUT2D eigenvalue weighted by molar-refractivity contribution is -0.926. The summed E-state index contributed by atoms with van der Waals surface area (Å²) in [4.78, 5) is 2.08. The van der Waals surface area contributed by atoms with Crippen LogP contribution in [0.15, 0.2) is 42.1 Å².